The van der Waals surface area contributed by atoms with E-state index in [0.717, 1.165) is 25.5 Å². The van der Waals surface area contributed by atoms with Crippen LogP contribution in [-0.2, 0) is 9.47 Å². The highest BCUT2D eigenvalue weighted by molar-refractivity contribution is 4.58. The minimum atomic E-state index is 0.697. The molecule has 3 heteroatoms. The van der Waals surface area contributed by atoms with Crippen molar-refractivity contribution in [3.8, 4) is 0 Å². The van der Waals surface area contributed by atoms with Crippen LogP contribution < -0.4 is 5.32 Å². The van der Waals surface area contributed by atoms with Crippen LogP contribution in [0.25, 0.3) is 0 Å². The van der Waals surface area contributed by atoms with E-state index >= 15 is 0 Å². The summed E-state index contributed by atoms with van der Waals surface area (Å²) in [5.74, 6) is 0.743. The molecule has 0 aromatic carbocycles. The van der Waals surface area contributed by atoms with Gasteiger partial charge in [-0.15, -0.1) is 0 Å². The van der Waals surface area contributed by atoms with Crippen molar-refractivity contribution in [3.63, 3.8) is 0 Å². The first kappa shape index (κ1) is 12.9. The van der Waals surface area contributed by atoms with Gasteiger partial charge < -0.3 is 14.8 Å². The molecule has 0 saturated heterocycles. The van der Waals surface area contributed by atoms with E-state index in [0.29, 0.717) is 13.2 Å². The van der Waals surface area contributed by atoms with Gasteiger partial charge in [0.05, 0.1) is 13.2 Å². The zero-order valence-electron chi connectivity index (χ0n) is 9.14. The molecule has 3 nitrogen and oxygen atoms in total. The van der Waals surface area contributed by atoms with E-state index in [9.17, 15) is 0 Å². The summed E-state index contributed by atoms with van der Waals surface area (Å²) in [6.07, 6.45) is 2.36. The summed E-state index contributed by atoms with van der Waals surface area (Å²) >= 11 is 0. The normalized spacial score (nSPS) is 13.2. The van der Waals surface area contributed by atoms with Crippen LogP contribution in [0.4, 0.5) is 0 Å². The Labute approximate surface area is 81.8 Å². The van der Waals surface area contributed by atoms with Gasteiger partial charge in [-0.2, -0.15) is 0 Å². The highest BCUT2D eigenvalue weighted by atomic mass is 16.5. The lowest BCUT2D eigenvalue weighted by Crippen LogP contribution is -2.20. The molecular weight excluding hydrogens is 166 g/mol. The molecule has 0 aromatic rings. The summed E-state index contributed by atoms with van der Waals surface area (Å²) in [7, 11) is 3.69. The molecule has 0 aliphatic rings. The third-order valence-electron chi connectivity index (χ3n) is 2.17. The highest BCUT2D eigenvalue weighted by Crippen LogP contribution is 2.06. The summed E-state index contributed by atoms with van der Waals surface area (Å²) in [5.41, 5.74) is 0. The maximum Gasteiger partial charge on any atom is 0.0700 e. The van der Waals surface area contributed by atoms with Crippen LogP contribution in [-0.4, -0.2) is 40.5 Å². The van der Waals surface area contributed by atoms with Crippen LogP contribution in [0, 0.1) is 5.92 Å². The van der Waals surface area contributed by atoms with Gasteiger partial charge in [-0.05, 0) is 25.9 Å². The average Bonchev–Trinajstić information content (AvgIpc) is 2.16. The third-order valence-corrected chi connectivity index (χ3v) is 2.17. The first-order valence-corrected chi connectivity index (χ1v) is 5.06. The van der Waals surface area contributed by atoms with E-state index in [1.54, 1.807) is 7.11 Å². The molecule has 0 fully saturated rings. The topological polar surface area (TPSA) is 30.5 Å². The van der Waals surface area contributed by atoms with Crippen molar-refractivity contribution in [1.82, 2.24) is 5.32 Å². The van der Waals surface area contributed by atoms with E-state index in [-0.39, 0.29) is 0 Å². The molecule has 0 heterocycles. The lowest BCUT2D eigenvalue weighted by atomic mass is 10.0. The quantitative estimate of drug-likeness (QED) is 0.554. The second kappa shape index (κ2) is 9.96. The fourth-order valence-electron chi connectivity index (χ4n) is 1.23. The molecule has 0 aromatic heterocycles. The van der Waals surface area contributed by atoms with Crippen LogP contribution in [0.3, 0.4) is 0 Å². The molecule has 80 valence electrons. The first-order chi connectivity index (χ1) is 6.35. The molecule has 0 rings (SSSR count). The van der Waals surface area contributed by atoms with Crippen LogP contribution in [0.15, 0.2) is 0 Å². The largest absolute Gasteiger partial charge is 0.382 e. The van der Waals surface area contributed by atoms with Crippen LogP contribution in [0.5, 0.6) is 0 Å². The monoisotopic (exact) mass is 189 g/mol. The Morgan fingerprint density at radius 3 is 2.54 bits per heavy atom. The molecule has 13 heavy (non-hydrogen) atoms. The SMILES string of the molecule is CCC(CCOCCOC)CNC. The zero-order valence-corrected chi connectivity index (χ0v) is 9.14. The van der Waals surface area contributed by atoms with Gasteiger partial charge in [0, 0.05) is 13.7 Å². The van der Waals surface area contributed by atoms with Gasteiger partial charge >= 0.3 is 0 Å². The van der Waals surface area contributed by atoms with E-state index < -0.39 is 0 Å². The van der Waals surface area contributed by atoms with Crippen molar-refractivity contribution in [3.05, 3.63) is 0 Å². The molecule has 0 bridgehead atoms. The minimum absolute atomic E-state index is 0.697. The number of methoxy groups -OCH3 is 1. The Hall–Kier alpha value is -0.120. The molecule has 0 saturated carbocycles. The van der Waals surface area contributed by atoms with Gasteiger partial charge in [-0.3, -0.25) is 0 Å². The van der Waals surface area contributed by atoms with Gasteiger partial charge in [-0.1, -0.05) is 13.3 Å². The Kier molecular flexibility index (Phi) is 9.87. The van der Waals surface area contributed by atoms with Gasteiger partial charge in [-0.25, -0.2) is 0 Å². The van der Waals surface area contributed by atoms with Crippen molar-refractivity contribution < 1.29 is 9.47 Å². The maximum atomic E-state index is 5.40. The van der Waals surface area contributed by atoms with Crippen molar-refractivity contribution in [2.24, 2.45) is 5.92 Å². The van der Waals surface area contributed by atoms with Crippen LogP contribution in [0.1, 0.15) is 19.8 Å². The molecule has 0 spiro atoms. The Morgan fingerprint density at radius 1 is 1.23 bits per heavy atom. The van der Waals surface area contributed by atoms with Gasteiger partial charge in [0.15, 0.2) is 0 Å². The third kappa shape index (κ3) is 8.22. The maximum absolute atomic E-state index is 5.40. The Balaban J connectivity index is 3.17. The predicted octanol–water partition coefficient (Wildman–Crippen LogP) is 1.29. The highest BCUT2D eigenvalue weighted by Gasteiger charge is 2.03. The molecule has 0 aliphatic carbocycles. The summed E-state index contributed by atoms with van der Waals surface area (Å²) < 4.78 is 10.3. The van der Waals surface area contributed by atoms with Crippen molar-refractivity contribution >= 4 is 0 Å². The smallest absolute Gasteiger partial charge is 0.0700 e. The van der Waals surface area contributed by atoms with Gasteiger partial charge in [0.25, 0.3) is 0 Å². The second-order valence-corrected chi connectivity index (χ2v) is 3.23. The first-order valence-electron chi connectivity index (χ1n) is 5.06. The van der Waals surface area contributed by atoms with Crippen molar-refractivity contribution in [2.45, 2.75) is 19.8 Å². The molecule has 0 aliphatic heterocycles. The van der Waals surface area contributed by atoms with Gasteiger partial charge in [0.1, 0.15) is 0 Å². The Morgan fingerprint density at radius 2 is 2.00 bits per heavy atom. The zero-order chi connectivity index (χ0) is 9.94. The van der Waals surface area contributed by atoms with E-state index in [1.807, 2.05) is 7.05 Å². The standard InChI is InChI=1S/C10H23NO2/c1-4-10(9-11-2)5-6-13-8-7-12-3/h10-11H,4-9H2,1-3H3. The van der Waals surface area contributed by atoms with Crippen molar-refractivity contribution in [1.29, 1.82) is 0 Å². The number of rotatable bonds is 9. The van der Waals surface area contributed by atoms with Gasteiger partial charge in [0.2, 0.25) is 0 Å². The average molecular weight is 189 g/mol. The summed E-state index contributed by atoms with van der Waals surface area (Å²) in [4.78, 5) is 0. The van der Waals surface area contributed by atoms with Crippen molar-refractivity contribution in [2.75, 3.05) is 40.5 Å². The molecule has 1 atom stereocenters. The Bertz CT molecular complexity index is 98.9. The fraction of sp³-hybridized carbons (Fsp3) is 1.00. The van der Waals surface area contributed by atoms with Crippen LogP contribution >= 0.6 is 0 Å². The number of hydrogen-bond donors (Lipinski definition) is 1. The van der Waals surface area contributed by atoms with Crippen LogP contribution in [0.2, 0.25) is 0 Å². The minimum Gasteiger partial charge on any atom is -0.382 e. The number of hydrogen-bond acceptors (Lipinski definition) is 3. The van der Waals surface area contributed by atoms with E-state index in [2.05, 4.69) is 12.2 Å². The lowest BCUT2D eigenvalue weighted by molar-refractivity contribution is 0.0635. The summed E-state index contributed by atoms with van der Waals surface area (Å²) in [5, 5.41) is 3.19. The van der Waals surface area contributed by atoms with E-state index in [4.69, 9.17) is 9.47 Å². The fourth-order valence-corrected chi connectivity index (χ4v) is 1.23. The second-order valence-electron chi connectivity index (χ2n) is 3.23. The molecule has 1 unspecified atom stereocenters. The summed E-state index contributed by atoms with van der Waals surface area (Å²) in [6, 6.07) is 0. The molecule has 1 N–H and O–H groups in total. The summed E-state index contributed by atoms with van der Waals surface area (Å²) in [6.45, 7) is 5.57. The molecular formula is C10H23NO2. The molecule has 0 radical (unpaired) electrons. The number of ether oxygens (including phenoxy) is 2. The van der Waals surface area contributed by atoms with E-state index in [1.165, 1.54) is 6.42 Å². The predicted molar refractivity (Wildman–Crippen MR) is 55.0 cm³/mol. The lowest BCUT2D eigenvalue weighted by Gasteiger charge is -2.13. The molecule has 0 amide bonds. The number of nitrogens with one attached hydrogen (secondary N) is 1.